The van der Waals surface area contributed by atoms with Crippen LogP contribution in [0.1, 0.15) is 16.7 Å². The average Bonchev–Trinajstić information content (AvgIpc) is 3.09. The number of amides is 1. The lowest BCUT2D eigenvalue weighted by atomic mass is 10.2. The van der Waals surface area contributed by atoms with E-state index >= 15 is 0 Å². The van der Waals surface area contributed by atoms with Gasteiger partial charge in [-0.2, -0.15) is 0 Å². The van der Waals surface area contributed by atoms with Crippen LogP contribution in [0.2, 0.25) is 5.02 Å². The third-order valence-electron chi connectivity index (χ3n) is 4.52. The number of aliphatic imine (C=N–C) groups is 1. The Bertz CT molecular complexity index is 1140. The lowest BCUT2D eigenvalue weighted by Crippen LogP contribution is -2.19. The molecule has 1 heterocycles. The zero-order valence-electron chi connectivity index (χ0n) is 16.3. The lowest BCUT2D eigenvalue weighted by molar-refractivity contribution is -0.115. The van der Waals surface area contributed by atoms with Crippen LogP contribution < -0.4 is 10.1 Å². The maximum absolute atomic E-state index is 12.3. The van der Waals surface area contributed by atoms with Crippen LogP contribution in [-0.4, -0.2) is 11.1 Å². The lowest BCUT2D eigenvalue weighted by Gasteiger charge is -2.08. The van der Waals surface area contributed by atoms with Crippen molar-refractivity contribution in [1.29, 1.82) is 0 Å². The quantitative estimate of drug-likeness (QED) is 0.492. The van der Waals surface area contributed by atoms with E-state index in [9.17, 15) is 4.79 Å². The van der Waals surface area contributed by atoms with Gasteiger partial charge in [0.2, 0.25) is 0 Å². The number of thioether (sulfide) groups is 1. The number of amidine groups is 1. The first kappa shape index (κ1) is 20.3. The van der Waals surface area contributed by atoms with Crippen molar-refractivity contribution >= 4 is 46.2 Å². The number of rotatable bonds is 5. The average molecular weight is 435 g/mol. The molecule has 3 aromatic rings. The number of para-hydroxylation sites is 1. The summed E-state index contributed by atoms with van der Waals surface area (Å²) in [6.45, 7) is 2.39. The third kappa shape index (κ3) is 4.93. The second-order valence-corrected chi connectivity index (χ2v) is 8.16. The van der Waals surface area contributed by atoms with Gasteiger partial charge < -0.3 is 10.1 Å². The summed E-state index contributed by atoms with van der Waals surface area (Å²) in [6, 6.07) is 23.0. The number of nitrogens with one attached hydrogen (secondary N) is 1. The highest BCUT2D eigenvalue weighted by molar-refractivity contribution is 8.18. The fourth-order valence-corrected chi connectivity index (χ4v) is 3.89. The topological polar surface area (TPSA) is 50.7 Å². The first-order valence-corrected chi connectivity index (χ1v) is 10.6. The molecule has 1 fully saturated rings. The molecule has 6 heteroatoms. The van der Waals surface area contributed by atoms with Gasteiger partial charge in [-0.1, -0.05) is 60.1 Å². The Balaban J connectivity index is 1.43. The summed E-state index contributed by atoms with van der Waals surface area (Å²) in [7, 11) is 0. The Morgan fingerprint density at radius 2 is 1.77 bits per heavy atom. The van der Waals surface area contributed by atoms with Gasteiger partial charge in [-0.3, -0.25) is 4.79 Å². The highest BCUT2D eigenvalue weighted by Crippen LogP contribution is 2.29. The molecule has 0 aromatic heterocycles. The molecule has 1 aliphatic rings. The van der Waals surface area contributed by atoms with Crippen molar-refractivity contribution in [3.8, 4) is 5.75 Å². The molecule has 150 valence electrons. The van der Waals surface area contributed by atoms with Gasteiger partial charge in [-0.15, -0.1) is 0 Å². The third-order valence-corrected chi connectivity index (χ3v) is 5.80. The van der Waals surface area contributed by atoms with Gasteiger partial charge in [0.15, 0.2) is 5.17 Å². The van der Waals surface area contributed by atoms with Gasteiger partial charge >= 0.3 is 0 Å². The first-order valence-electron chi connectivity index (χ1n) is 9.40. The van der Waals surface area contributed by atoms with Crippen molar-refractivity contribution in [3.05, 3.63) is 99.4 Å². The van der Waals surface area contributed by atoms with Gasteiger partial charge in [-0.25, -0.2) is 4.99 Å². The number of carbonyl (C=O) groups excluding carboxylic acids is 1. The van der Waals surface area contributed by atoms with Crippen LogP contribution in [0.4, 0.5) is 5.69 Å². The zero-order chi connectivity index (χ0) is 20.9. The van der Waals surface area contributed by atoms with Gasteiger partial charge in [0.1, 0.15) is 12.4 Å². The van der Waals surface area contributed by atoms with E-state index in [1.165, 1.54) is 11.8 Å². The van der Waals surface area contributed by atoms with Gasteiger partial charge in [0.05, 0.1) is 10.6 Å². The number of hydrogen-bond donors (Lipinski definition) is 1. The molecule has 1 N–H and O–H groups in total. The standard InChI is InChI=1S/C24H19ClN2O2S/c1-16-6-2-5-9-21(16)26-24-27-23(28)22(30-24)14-17-10-12-19(13-11-17)29-15-18-7-3-4-8-20(18)25/h2-14H,15H2,1H3,(H,26,27,28)/b22-14-. The summed E-state index contributed by atoms with van der Waals surface area (Å²) in [5.74, 6) is 0.591. The fourth-order valence-electron chi connectivity index (χ4n) is 2.87. The largest absolute Gasteiger partial charge is 0.489 e. The summed E-state index contributed by atoms with van der Waals surface area (Å²) in [4.78, 5) is 17.5. The summed E-state index contributed by atoms with van der Waals surface area (Å²) in [5, 5.41) is 4.09. The minimum absolute atomic E-state index is 0.147. The Morgan fingerprint density at radius 1 is 1.03 bits per heavy atom. The van der Waals surface area contributed by atoms with E-state index in [1.807, 2.05) is 85.8 Å². The number of aryl methyl sites for hydroxylation is 1. The van der Waals surface area contributed by atoms with E-state index in [4.69, 9.17) is 16.3 Å². The smallest absolute Gasteiger partial charge is 0.264 e. The second-order valence-electron chi connectivity index (χ2n) is 6.72. The van der Waals surface area contributed by atoms with Crippen LogP contribution in [0.3, 0.4) is 0 Å². The molecule has 1 aliphatic heterocycles. The minimum Gasteiger partial charge on any atom is -0.489 e. The van der Waals surface area contributed by atoms with Crippen LogP contribution in [0.5, 0.6) is 5.75 Å². The number of halogens is 1. The summed E-state index contributed by atoms with van der Waals surface area (Å²) >= 11 is 7.49. The summed E-state index contributed by atoms with van der Waals surface area (Å²) < 4.78 is 5.80. The van der Waals surface area contributed by atoms with E-state index in [2.05, 4.69) is 10.3 Å². The number of carbonyl (C=O) groups is 1. The van der Waals surface area contributed by atoms with E-state index in [0.717, 1.165) is 28.1 Å². The maximum Gasteiger partial charge on any atom is 0.264 e. The van der Waals surface area contributed by atoms with Crippen molar-refractivity contribution < 1.29 is 9.53 Å². The molecule has 0 aliphatic carbocycles. The van der Waals surface area contributed by atoms with Gasteiger partial charge in [-0.05, 0) is 60.2 Å². The molecule has 0 bridgehead atoms. The SMILES string of the molecule is Cc1ccccc1N=C1NC(=O)/C(=C/c2ccc(OCc3ccccc3Cl)cc2)S1. The van der Waals surface area contributed by atoms with E-state index in [0.29, 0.717) is 21.7 Å². The maximum atomic E-state index is 12.3. The molecular formula is C24H19ClN2O2S. The number of ether oxygens (including phenoxy) is 1. The minimum atomic E-state index is -0.147. The van der Waals surface area contributed by atoms with Crippen molar-refractivity contribution in [2.75, 3.05) is 0 Å². The molecule has 4 nitrogen and oxygen atoms in total. The highest BCUT2D eigenvalue weighted by atomic mass is 35.5. The normalized spacial score (nSPS) is 16.1. The zero-order valence-corrected chi connectivity index (χ0v) is 17.8. The predicted octanol–water partition coefficient (Wildman–Crippen LogP) is 6.12. The monoisotopic (exact) mass is 434 g/mol. The molecule has 1 amide bonds. The van der Waals surface area contributed by atoms with Crippen LogP contribution in [-0.2, 0) is 11.4 Å². The van der Waals surface area contributed by atoms with E-state index in [1.54, 1.807) is 0 Å². The van der Waals surface area contributed by atoms with E-state index in [-0.39, 0.29) is 5.91 Å². The van der Waals surface area contributed by atoms with E-state index < -0.39 is 0 Å². The number of hydrogen-bond acceptors (Lipinski definition) is 4. The number of benzene rings is 3. The Morgan fingerprint density at radius 3 is 2.53 bits per heavy atom. The molecule has 0 saturated carbocycles. The molecule has 0 radical (unpaired) electrons. The summed E-state index contributed by atoms with van der Waals surface area (Å²) in [6.07, 6.45) is 1.85. The Hall–Kier alpha value is -3.02. The van der Waals surface area contributed by atoms with Crippen molar-refractivity contribution in [2.45, 2.75) is 13.5 Å². The number of nitrogens with zero attached hydrogens (tertiary/aromatic N) is 1. The molecule has 0 spiro atoms. The Kier molecular flexibility index (Phi) is 6.21. The van der Waals surface area contributed by atoms with Crippen LogP contribution in [0, 0.1) is 6.92 Å². The first-order chi connectivity index (χ1) is 14.6. The van der Waals surface area contributed by atoms with Gasteiger partial charge in [0.25, 0.3) is 5.91 Å². The second kappa shape index (κ2) is 9.20. The molecule has 0 unspecified atom stereocenters. The van der Waals surface area contributed by atoms with Crippen LogP contribution in [0.25, 0.3) is 6.08 Å². The Labute approximate surface area is 184 Å². The molecule has 30 heavy (non-hydrogen) atoms. The highest BCUT2D eigenvalue weighted by Gasteiger charge is 2.23. The van der Waals surface area contributed by atoms with Crippen molar-refractivity contribution in [2.24, 2.45) is 4.99 Å². The molecule has 0 atom stereocenters. The fraction of sp³-hybridized carbons (Fsp3) is 0.0833. The van der Waals surface area contributed by atoms with Crippen LogP contribution >= 0.6 is 23.4 Å². The molecular weight excluding hydrogens is 416 g/mol. The van der Waals surface area contributed by atoms with Gasteiger partial charge in [0, 0.05) is 10.6 Å². The molecule has 3 aromatic carbocycles. The summed E-state index contributed by atoms with van der Waals surface area (Å²) in [5.41, 5.74) is 3.76. The molecule has 4 rings (SSSR count). The van der Waals surface area contributed by atoms with Crippen molar-refractivity contribution in [3.63, 3.8) is 0 Å². The molecule has 1 saturated heterocycles. The predicted molar refractivity (Wildman–Crippen MR) is 124 cm³/mol. The van der Waals surface area contributed by atoms with Crippen molar-refractivity contribution in [1.82, 2.24) is 5.32 Å². The van der Waals surface area contributed by atoms with Crippen LogP contribution in [0.15, 0.2) is 82.7 Å².